The summed E-state index contributed by atoms with van der Waals surface area (Å²) >= 11 is 0. The number of aliphatic hydroxyl groups is 1. The highest BCUT2D eigenvalue weighted by atomic mass is 32.2. The Labute approximate surface area is 282 Å². The fourth-order valence-corrected chi connectivity index (χ4v) is 8.25. The van der Waals surface area contributed by atoms with Crippen molar-refractivity contribution in [1.29, 1.82) is 0 Å². The van der Waals surface area contributed by atoms with Crippen LogP contribution in [-0.4, -0.2) is 39.7 Å². The molecule has 0 aliphatic carbocycles. The van der Waals surface area contributed by atoms with E-state index in [1.807, 2.05) is 0 Å². The third kappa shape index (κ3) is 5.90. The maximum Gasteiger partial charge on any atom is 0.340 e. The lowest BCUT2D eigenvalue weighted by molar-refractivity contribution is -0.120. The van der Waals surface area contributed by atoms with E-state index >= 15 is 0 Å². The molecule has 0 aromatic heterocycles. The van der Waals surface area contributed by atoms with E-state index in [4.69, 9.17) is 0 Å². The Morgan fingerprint density at radius 2 is 0.796 bits per heavy atom. The lowest BCUT2D eigenvalue weighted by atomic mass is 10.1. The van der Waals surface area contributed by atoms with Crippen LogP contribution in [0.4, 0.5) is 22.7 Å². The third-order valence-electron chi connectivity index (χ3n) is 7.31. The van der Waals surface area contributed by atoms with Gasteiger partial charge in [-0.25, -0.2) is 0 Å². The fraction of sp³-hybridized carbons (Fsp3) is 0. The zero-order valence-corrected chi connectivity index (χ0v) is 27.0. The van der Waals surface area contributed by atoms with Crippen LogP contribution >= 0.6 is 0 Å². The first-order chi connectivity index (χ1) is 23.5. The Hall–Kier alpha value is -6.25. The van der Waals surface area contributed by atoms with E-state index in [0.29, 0.717) is 17.2 Å². The highest BCUT2D eigenvalue weighted by Gasteiger charge is 2.48. The van der Waals surface area contributed by atoms with E-state index in [1.165, 1.54) is 72.8 Å². The molecule has 4 aromatic carbocycles. The van der Waals surface area contributed by atoms with Crippen LogP contribution in [-0.2, 0) is 34.8 Å². The van der Waals surface area contributed by atoms with Gasteiger partial charge in [-0.15, -0.1) is 0 Å². The average molecular weight is 695 g/mol. The SMILES string of the molecule is O=C1C(=C/C=C/C=C/C2=C(O)N(c3ccccc3)S(=O)(=O)N(c3ccccc3)C2=O)C(=O)N(c2ccccc2)S(=O)(=O)N1c1ccccc1. The number of anilines is 4. The van der Waals surface area contributed by atoms with Gasteiger partial charge in [0.1, 0.15) is 11.1 Å². The number of para-hydroxylation sites is 4. The summed E-state index contributed by atoms with van der Waals surface area (Å²) in [5.74, 6) is -4.03. The van der Waals surface area contributed by atoms with Gasteiger partial charge in [0.15, 0.2) is 0 Å². The molecule has 0 saturated carbocycles. The molecule has 0 bridgehead atoms. The van der Waals surface area contributed by atoms with Crippen LogP contribution in [0.15, 0.2) is 169 Å². The topological polar surface area (TPSA) is 153 Å². The number of carbonyl (C=O) groups is 3. The van der Waals surface area contributed by atoms with E-state index in [9.17, 15) is 36.3 Å². The number of hydrogen-bond donors (Lipinski definition) is 1. The first-order valence-corrected chi connectivity index (χ1v) is 17.4. The summed E-state index contributed by atoms with van der Waals surface area (Å²) in [4.78, 5) is 40.7. The Balaban J connectivity index is 1.38. The second-order valence-electron chi connectivity index (χ2n) is 10.4. The Bertz CT molecular complexity index is 2210. The molecule has 6 rings (SSSR count). The van der Waals surface area contributed by atoms with Crippen molar-refractivity contribution in [3.8, 4) is 0 Å². The molecule has 0 radical (unpaired) electrons. The second-order valence-corrected chi connectivity index (χ2v) is 13.6. The highest BCUT2D eigenvalue weighted by molar-refractivity contribution is 7.96. The van der Waals surface area contributed by atoms with Crippen molar-refractivity contribution in [2.24, 2.45) is 0 Å². The van der Waals surface area contributed by atoms with Crippen LogP contribution in [0.5, 0.6) is 0 Å². The first kappa shape index (κ1) is 32.7. The number of aliphatic hydroxyl groups excluding tert-OH is 1. The summed E-state index contributed by atoms with van der Waals surface area (Å²) in [5.41, 5.74) is -0.678. The lowest BCUT2D eigenvalue weighted by Crippen LogP contribution is -2.57. The maximum absolute atomic E-state index is 13.7. The summed E-state index contributed by atoms with van der Waals surface area (Å²) in [6.45, 7) is 0. The quantitative estimate of drug-likeness (QED) is 0.163. The lowest BCUT2D eigenvalue weighted by Gasteiger charge is -2.35. The Morgan fingerprint density at radius 1 is 0.449 bits per heavy atom. The maximum atomic E-state index is 13.7. The normalized spacial score (nSPS) is 17.8. The minimum Gasteiger partial charge on any atom is -0.493 e. The minimum atomic E-state index is -4.67. The van der Waals surface area contributed by atoms with Gasteiger partial charge in [-0.3, -0.25) is 14.4 Å². The van der Waals surface area contributed by atoms with Crippen LogP contribution < -0.4 is 17.2 Å². The number of amides is 3. The number of carbonyl (C=O) groups excluding carboxylic acids is 3. The van der Waals surface area contributed by atoms with E-state index in [0.717, 1.165) is 6.08 Å². The molecule has 2 aliphatic heterocycles. The molecule has 0 atom stereocenters. The molecular formula is C35H26N4O8S2. The van der Waals surface area contributed by atoms with E-state index in [-0.39, 0.29) is 28.3 Å². The van der Waals surface area contributed by atoms with Gasteiger partial charge in [0, 0.05) is 0 Å². The number of allylic oxidation sites excluding steroid dienone is 4. The summed E-state index contributed by atoms with van der Waals surface area (Å²) < 4.78 is 56.9. The minimum absolute atomic E-state index is 0.0230. The molecule has 3 amide bonds. The van der Waals surface area contributed by atoms with Gasteiger partial charge in [-0.05, 0) is 60.7 Å². The highest BCUT2D eigenvalue weighted by Crippen LogP contribution is 2.35. The number of nitrogens with zero attached hydrogens (tertiary/aromatic N) is 4. The van der Waals surface area contributed by atoms with Crippen molar-refractivity contribution < 1.29 is 36.3 Å². The van der Waals surface area contributed by atoms with Crippen molar-refractivity contribution in [2.75, 3.05) is 17.2 Å². The van der Waals surface area contributed by atoms with E-state index < -0.39 is 49.6 Å². The molecule has 2 heterocycles. The summed E-state index contributed by atoms with van der Waals surface area (Å²) in [7, 11) is -9.29. The van der Waals surface area contributed by atoms with Crippen molar-refractivity contribution in [3.05, 3.63) is 169 Å². The standard InChI is InChI=1S/C35H26N4O8S2/c40-32-30(33(41)37(27-18-8-2-9-19-27)48(44,45)36(32)26-16-6-1-7-17-26)24-14-5-15-25-31-34(42)38(28-20-10-3-11-21-28)49(46,47)39(35(31)43)29-22-12-4-13-23-29/h1-25,40H/b15-5+,24-14+. The molecule has 2 aliphatic rings. The van der Waals surface area contributed by atoms with Gasteiger partial charge in [-0.1, -0.05) is 91.0 Å². The predicted octanol–water partition coefficient (Wildman–Crippen LogP) is 4.92. The zero-order valence-electron chi connectivity index (χ0n) is 25.3. The zero-order chi connectivity index (χ0) is 34.8. The average Bonchev–Trinajstić information content (AvgIpc) is 3.08. The van der Waals surface area contributed by atoms with E-state index in [2.05, 4.69) is 0 Å². The van der Waals surface area contributed by atoms with Crippen LogP contribution in [0.3, 0.4) is 0 Å². The largest absolute Gasteiger partial charge is 0.493 e. The van der Waals surface area contributed by atoms with Gasteiger partial charge in [0.25, 0.3) is 17.7 Å². The molecule has 1 N–H and O–H groups in total. The predicted molar refractivity (Wildman–Crippen MR) is 185 cm³/mol. The molecular weight excluding hydrogens is 669 g/mol. The second kappa shape index (κ2) is 13.1. The Morgan fingerprint density at radius 3 is 1.20 bits per heavy atom. The van der Waals surface area contributed by atoms with Gasteiger partial charge >= 0.3 is 20.4 Å². The number of benzene rings is 4. The van der Waals surface area contributed by atoms with Crippen LogP contribution in [0, 0.1) is 0 Å². The summed E-state index contributed by atoms with van der Waals surface area (Å²) in [6, 6.07) is 30.5. The fourth-order valence-electron chi connectivity index (χ4n) is 5.13. The third-order valence-corrected chi connectivity index (χ3v) is 10.7. The molecule has 14 heteroatoms. The molecule has 49 heavy (non-hydrogen) atoms. The molecule has 1 fully saturated rings. The van der Waals surface area contributed by atoms with Gasteiger partial charge in [0.05, 0.1) is 22.7 Å². The summed E-state index contributed by atoms with van der Waals surface area (Å²) in [5, 5.41) is 11.1. The monoisotopic (exact) mass is 694 g/mol. The Kier molecular flexibility index (Phi) is 8.74. The van der Waals surface area contributed by atoms with Crippen molar-refractivity contribution in [2.45, 2.75) is 0 Å². The van der Waals surface area contributed by atoms with Crippen LogP contribution in [0.25, 0.3) is 0 Å². The van der Waals surface area contributed by atoms with Crippen molar-refractivity contribution in [1.82, 2.24) is 0 Å². The van der Waals surface area contributed by atoms with Crippen molar-refractivity contribution >= 4 is 60.9 Å². The van der Waals surface area contributed by atoms with Gasteiger partial charge < -0.3 is 5.11 Å². The molecule has 0 unspecified atom stereocenters. The molecule has 246 valence electrons. The van der Waals surface area contributed by atoms with Gasteiger partial charge in [0.2, 0.25) is 5.88 Å². The molecule has 4 aromatic rings. The van der Waals surface area contributed by atoms with Crippen LogP contribution in [0.1, 0.15) is 0 Å². The van der Waals surface area contributed by atoms with Crippen LogP contribution in [0.2, 0.25) is 0 Å². The smallest absolute Gasteiger partial charge is 0.340 e. The van der Waals surface area contributed by atoms with E-state index in [1.54, 1.807) is 72.8 Å². The summed E-state index contributed by atoms with van der Waals surface area (Å²) in [6.07, 6.45) is 6.20. The number of rotatable bonds is 7. The van der Waals surface area contributed by atoms with Gasteiger partial charge in [-0.2, -0.15) is 34.1 Å². The molecule has 1 saturated heterocycles. The first-order valence-electron chi connectivity index (χ1n) is 14.6. The molecule has 0 spiro atoms. The number of hydrogen-bond acceptors (Lipinski definition) is 8. The van der Waals surface area contributed by atoms with Crippen molar-refractivity contribution in [3.63, 3.8) is 0 Å². The molecule has 12 nitrogen and oxygen atoms in total.